The molecule has 0 radical (unpaired) electrons. The summed E-state index contributed by atoms with van der Waals surface area (Å²) in [5, 5.41) is 5.89. The van der Waals surface area contributed by atoms with E-state index in [4.69, 9.17) is 15.0 Å². The smallest absolute Gasteiger partial charge is 0.231 e. The molecule has 0 spiro atoms. The highest BCUT2D eigenvalue weighted by atomic mass is 31.2. The highest BCUT2D eigenvalue weighted by Gasteiger charge is 2.23. The Morgan fingerprint density at radius 2 is 1.79 bits per heavy atom. The number of pyridine rings is 1. The molecule has 1 atom stereocenters. The van der Waals surface area contributed by atoms with Crippen molar-refractivity contribution in [3.8, 4) is 11.5 Å². The first-order valence-electron chi connectivity index (χ1n) is 11.0. The lowest BCUT2D eigenvalue weighted by Crippen LogP contribution is -2.20. The van der Waals surface area contributed by atoms with Gasteiger partial charge in [0.25, 0.3) is 0 Å². The Morgan fingerprint density at radius 1 is 1.03 bits per heavy atom. The number of benzene rings is 3. The van der Waals surface area contributed by atoms with Crippen LogP contribution >= 0.6 is 7.37 Å². The molecule has 0 aliphatic rings. The van der Waals surface area contributed by atoms with Crippen LogP contribution in [0.15, 0.2) is 72.9 Å². The summed E-state index contributed by atoms with van der Waals surface area (Å²) in [6.07, 6.45) is 1.69. The lowest BCUT2D eigenvalue weighted by atomic mass is 10.1. The zero-order valence-electron chi connectivity index (χ0n) is 19.8. The maximum atomic E-state index is 13.0. The van der Waals surface area contributed by atoms with Crippen LogP contribution in [0.25, 0.3) is 10.8 Å². The normalized spacial score (nSPS) is 12.8. The first-order valence-corrected chi connectivity index (χ1v) is 13.1. The van der Waals surface area contributed by atoms with E-state index in [1.165, 1.54) is 0 Å². The molecule has 1 unspecified atom stereocenters. The monoisotopic (exact) mass is 476 g/mol. The van der Waals surface area contributed by atoms with Gasteiger partial charge in [0.2, 0.25) is 7.37 Å². The fraction of sp³-hybridized carbons (Fsp3) is 0.192. The summed E-state index contributed by atoms with van der Waals surface area (Å²) in [6.45, 7) is 3.88. The molecule has 0 aliphatic heterocycles. The zero-order chi connectivity index (χ0) is 24.3. The number of nitrogens with one attached hydrogen (secondary N) is 1. The number of rotatable bonds is 8. The summed E-state index contributed by atoms with van der Waals surface area (Å²) < 4.78 is 24.8. The molecule has 3 N–H and O–H groups in total. The van der Waals surface area contributed by atoms with Crippen LogP contribution in [0.2, 0.25) is 0 Å². The molecule has 176 valence electrons. The maximum Gasteiger partial charge on any atom is 0.231 e. The number of nitrogens with zero attached hydrogens (tertiary/aromatic N) is 2. The van der Waals surface area contributed by atoms with Crippen molar-refractivity contribution in [3.05, 3.63) is 72.9 Å². The van der Waals surface area contributed by atoms with Gasteiger partial charge in [0.1, 0.15) is 17.3 Å². The van der Waals surface area contributed by atoms with Gasteiger partial charge in [-0.2, -0.15) is 0 Å². The number of anilines is 4. The third-order valence-electron chi connectivity index (χ3n) is 5.42. The van der Waals surface area contributed by atoms with E-state index in [0.717, 1.165) is 27.9 Å². The Hall–Kier alpha value is -3.54. The SMILES string of the molecule is CCOP(C)(=O)c1ccc(Nc2cc(Oc3ccc(N)c4ccccc34)ccn2)cc1N(C)C. The minimum Gasteiger partial charge on any atom is -0.457 e. The largest absolute Gasteiger partial charge is 0.457 e. The summed E-state index contributed by atoms with van der Waals surface area (Å²) in [5.74, 6) is 1.99. The van der Waals surface area contributed by atoms with Crippen LogP contribution in [0.3, 0.4) is 0 Å². The molecular formula is C26H29N4O3P. The average molecular weight is 477 g/mol. The molecule has 3 aromatic carbocycles. The van der Waals surface area contributed by atoms with Gasteiger partial charge in [-0.1, -0.05) is 24.3 Å². The Balaban J connectivity index is 1.61. The van der Waals surface area contributed by atoms with Crippen LogP contribution in [0.5, 0.6) is 11.5 Å². The summed E-state index contributed by atoms with van der Waals surface area (Å²) in [6, 6.07) is 20.9. The topological polar surface area (TPSA) is 89.7 Å². The Morgan fingerprint density at radius 3 is 2.53 bits per heavy atom. The van der Waals surface area contributed by atoms with Crippen LogP contribution in [0.1, 0.15) is 6.92 Å². The molecule has 0 saturated carbocycles. The molecule has 8 heteroatoms. The predicted octanol–water partition coefficient (Wildman–Crippen LogP) is 5.99. The van der Waals surface area contributed by atoms with E-state index in [-0.39, 0.29) is 0 Å². The van der Waals surface area contributed by atoms with Gasteiger partial charge in [0.05, 0.1) is 17.6 Å². The Bertz CT molecular complexity index is 1370. The average Bonchev–Trinajstić information content (AvgIpc) is 2.81. The number of fused-ring (bicyclic) bond motifs is 1. The maximum absolute atomic E-state index is 13.0. The van der Waals surface area contributed by atoms with Gasteiger partial charge < -0.3 is 25.2 Å². The molecule has 1 aromatic heterocycles. The molecule has 34 heavy (non-hydrogen) atoms. The Kier molecular flexibility index (Phi) is 6.77. The number of nitrogens with two attached hydrogens (primary N) is 1. The van der Waals surface area contributed by atoms with Crippen LogP contribution < -0.4 is 26.0 Å². The number of ether oxygens (including phenoxy) is 1. The minimum absolute atomic E-state index is 0.390. The van der Waals surface area contributed by atoms with Crippen molar-refractivity contribution in [1.82, 2.24) is 4.98 Å². The molecule has 1 heterocycles. The van der Waals surface area contributed by atoms with Crippen LogP contribution in [0, 0.1) is 0 Å². The fourth-order valence-electron chi connectivity index (χ4n) is 3.82. The van der Waals surface area contributed by atoms with Gasteiger partial charge in [-0.3, -0.25) is 4.57 Å². The Labute approximate surface area is 200 Å². The molecule has 4 aromatic rings. The summed E-state index contributed by atoms with van der Waals surface area (Å²) >= 11 is 0. The second-order valence-corrected chi connectivity index (χ2v) is 10.6. The van der Waals surface area contributed by atoms with E-state index >= 15 is 0 Å². The van der Waals surface area contributed by atoms with Crippen molar-refractivity contribution in [1.29, 1.82) is 0 Å². The second-order valence-electron chi connectivity index (χ2n) is 8.16. The van der Waals surface area contributed by atoms with E-state index in [1.54, 1.807) is 18.9 Å². The summed E-state index contributed by atoms with van der Waals surface area (Å²) in [4.78, 5) is 6.35. The van der Waals surface area contributed by atoms with E-state index in [9.17, 15) is 4.57 Å². The zero-order valence-corrected chi connectivity index (χ0v) is 20.7. The first kappa shape index (κ1) is 23.6. The van der Waals surface area contributed by atoms with Crippen LogP contribution in [-0.4, -0.2) is 32.4 Å². The van der Waals surface area contributed by atoms with Gasteiger partial charge in [-0.15, -0.1) is 0 Å². The van der Waals surface area contributed by atoms with Crippen molar-refractivity contribution < 1.29 is 13.8 Å². The highest BCUT2D eigenvalue weighted by molar-refractivity contribution is 7.66. The third kappa shape index (κ3) is 5.01. The van der Waals surface area contributed by atoms with E-state index in [0.29, 0.717) is 29.2 Å². The van der Waals surface area contributed by atoms with Crippen molar-refractivity contribution in [2.24, 2.45) is 0 Å². The van der Waals surface area contributed by atoms with Crippen molar-refractivity contribution in [2.45, 2.75) is 6.92 Å². The van der Waals surface area contributed by atoms with Crippen molar-refractivity contribution >= 4 is 46.3 Å². The lowest BCUT2D eigenvalue weighted by Gasteiger charge is -2.23. The second kappa shape index (κ2) is 9.75. The summed E-state index contributed by atoms with van der Waals surface area (Å²) in [5.41, 5.74) is 8.46. The number of hydrogen-bond acceptors (Lipinski definition) is 7. The van der Waals surface area contributed by atoms with Gasteiger partial charge in [0, 0.05) is 55.2 Å². The molecule has 0 fully saturated rings. The predicted molar refractivity (Wildman–Crippen MR) is 142 cm³/mol. The van der Waals surface area contributed by atoms with Gasteiger partial charge in [-0.25, -0.2) is 4.98 Å². The van der Waals surface area contributed by atoms with Crippen LogP contribution in [0.4, 0.5) is 22.9 Å². The van der Waals surface area contributed by atoms with Crippen LogP contribution in [-0.2, 0) is 9.09 Å². The highest BCUT2D eigenvalue weighted by Crippen LogP contribution is 2.44. The van der Waals surface area contributed by atoms with Crippen molar-refractivity contribution in [3.63, 3.8) is 0 Å². The third-order valence-corrected chi connectivity index (χ3v) is 7.42. The standard InChI is InChI=1S/C26H29N4O3P/c1-5-32-34(4,31)25-13-10-18(16-23(25)30(2)3)29-26-17-19(14-15-28-26)33-24-12-11-22(27)20-8-6-7-9-21(20)24/h6-17H,5,27H2,1-4H3,(H,28,29). The van der Waals surface area contributed by atoms with E-state index < -0.39 is 7.37 Å². The fourth-order valence-corrected chi connectivity index (χ4v) is 5.48. The quantitative estimate of drug-likeness (QED) is 0.239. The van der Waals surface area contributed by atoms with Gasteiger partial charge in [-0.05, 0) is 43.3 Å². The molecule has 0 amide bonds. The molecule has 7 nitrogen and oxygen atoms in total. The number of aromatic nitrogens is 1. The van der Waals surface area contributed by atoms with E-state index in [1.807, 2.05) is 86.6 Å². The molecule has 0 saturated heterocycles. The minimum atomic E-state index is -2.92. The molecule has 4 rings (SSSR count). The van der Waals surface area contributed by atoms with Gasteiger partial charge in [0.15, 0.2) is 0 Å². The molecule has 0 aliphatic carbocycles. The molecule has 0 bridgehead atoms. The van der Waals surface area contributed by atoms with Crippen molar-refractivity contribution in [2.75, 3.05) is 43.3 Å². The molecular weight excluding hydrogens is 447 g/mol. The van der Waals surface area contributed by atoms with Gasteiger partial charge >= 0.3 is 0 Å². The lowest BCUT2D eigenvalue weighted by molar-refractivity contribution is 0.345. The summed E-state index contributed by atoms with van der Waals surface area (Å²) in [7, 11) is 0.906. The number of nitrogen functional groups attached to an aromatic ring is 1. The van der Waals surface area contributed by atoms with E-state index in [2.05, 4.69) is 10.3 Å². The number of hydrogen-bond donors (Lipinski definition) is 2. The first-order chi connectivity index (χ1) is 16.3.